The quantitative estimate of drug-likeness (QED) is 0.282. The summed E-state index contributed by atoms with van der Waals surface area (Å²) in [5.41, 5.74) is -0.887. The van der Waals surface area contributed by atoms with Crippen molar-refractivity contribution >= 4 is 17.9 Å². The highest BCUT2D eigenvalue weighted by Crippen LogP contribution is 2.41. The summed E-state index contributed by atoms with van der Waals surface area (Å²) in [5.74, 6) is 1.75. The fourth-order valence-corrected chi connectivity index (χ4v) is 3.62. The van der Waals surface area contributed by atoms with E-state index in [4.69, 9.17) is 18.9 Å². The number of rotatable bonds is 7. The summed E-state index contributed by atoms with van der Waals surface area (Å²) >= 11 is 0. The van der Waals surface area contributed by atoms with Gasteiger partial charge >= 0.3 is 23.8 Å². The third-order valence-corrected chi connectivity index (χ3v) is 5.15. The Morgan fingerprint density at radius 1 is 1.16 bits per heavy atom. The summed E-state index contributed by atoms with van der Waals surface area (Å²) in [4.78, 5) is 38.4. The first-order chi connectivity index (χ1) is 14.9. The molecule has 8 heteroatoms. The van der Waals surface area contributed by atoms with Crippen LogP contribution in [0.3, 0.4) is 0 Å². The molecule has 1 unspecified atom stereocenters. The zero-order valence-electron chi connectivity index (χ0n) is 17.8. The molecule has 0 amide bonds. The maximum Gasteiger partial charge on any atom is 0.421 e. The minimum absolute atomic E-state index is 0.0983. The number of piperidine rings is 1. The number of nitrogens with zero attached hydrogens (tertiary/aromatic N) is 1. The van der Waals surface area contributed by atoms with Crippen molar-refractivity contribution in [3.63, 3.8) is 0 Å². The molecule has 31 heavy (non-hydrogen) atoms. The third-order valence-electron chi connectivity index (χ3n) is 5.15. The molecular formula is C23H27NO7. The number of ether oxygens (including phenoxy) is 4. The summed E-state index contributed by atoms with van der Waals surface area (Å²) in [7, 11) is 0. The Bertz CT molecular complexity index is 857. The van der Waals surface area contributed by atoms with Gasteiger partial charge in [0.15, 0.2) is 5.60 Å². The van der Waals surface area contributed by atoms with E-state index in [1.807, 2.05) is 13.8 Å². The van der Waals surface area contributed by atoms with E-state index in [1.54, 1.807) is 35.2 Å². The van der Waals surface area contributed by atoms with Gasteiger partial charge in [-0.25, -0.2) is 19.3 Å². The van der Waals surface area contributed by atoms with Crippen LogP contribution in [0.4, 0.5) is 0 Å². The Hall–Kier alpha value is -2.89. The van der Waals surface area contributed by atoms with Crippen LogP contribution in [0, 0.1) is 11.8 Å². The second-order valence-electron chi connectivity index (χ2n) is 7.40. The molecule has 0 bridgehead atoms. The Balaban J connectivity index is 1.90. The normalized spacial score (nSPS) is 22.4. The van der Waals surface area contributed by atoms with Gasteiger partial charge in [-0.05, 0) is 25.5 Å². The van der Waals surface area contributed by atoms with Crippen LogP contribution < -0.4 is 0 Å². The van der Waals surface area contributed by atoms with Gasteiger partial charge in [0.25, 0.3) is 0 Å². The van der Waals surface area contributed by atoms with Crippen molar-refractivity contribution in [2.45, 2.75) is 51.0 Å². The minimum atomic E-state index is -1.68. The van der Waals surface area contributed by atoms with Crippen molar-refractivity contribution in [3.05, 3.63) is 35.9 Å². The number of hydrogen-bond donors (Lipinski definition) is 0. The highest BCUT2D eigenvalue weighted by molar-refractivity contribution is 6.31. The lowest BCUT2D eigenvalue weighted by Gasteiger charge is -2.46. The first kappa shape index (κ1) is 22.8. The fraction of sp³-hybridized carbons (Fsp3) is 0.522. The zero-order valence-corrected chi connectivity index (χ0v) is 17.8. The summed E-state index contributed by atoms with van der Waals surface area (Å²) < 4.78 is 22.1. The van der Waals surface area contributed by atoms with Gasteiger partial charge in [0.05, 0.1) is 18.6 Å². The molecular weight excluding hydrogens is 402 g/mol. The zero-order chi connectivity index (χ0) is 22.3. The molecule has 3 rings (SSSR count). The Morgan fingerprint density at radius 3 is 2.52 bits per heavy atom. The highest BCUT2D eigenvalue weighted by atomic mass is 16.8. The summed E-state index contributed by atoms with van der Waals surface area (Å²) in [5, 5.41) is 0. The topological polar surface area (TPSA) is 91.4 Å². The van der Waals surface area contributed by atoms with Crippen LogP contribution in [0.15, 0.2) is 30.3 Å². The average Bonchev–Trinajstić information content (AvgIpc) is 3.04. The van der Waals surface area contributed by atoms with Gasteiger partial charge in [-0.15, -0.1) is 0 Å². The van der Waals surface area contributed by atoms with Crippen LogP contribution in [0.25, 0.3) is 0 Å². The maximum absolute atomic E-state index is 12.8. The van der Waals surface area contributed by atoms with E-state index >= 15 is 0 Å². The van der Waals surface area contributed by atoms with Crippen LogP contribution in [0.5, 0.6) is 0 Å². The van der Waals surface area contributed by atoms with Crippen LogP contribution in [0.2, 0.25) is 0 Å². The lowest BCUT2D eigenvalue weighted by molar-refractivity contribution is -0.285. The summed E-state index contributed by atoms with van der Waals surface area (Å²) in [6, 6.07) is 8.59. The van der Waals surface area contributed by atoms with E-state index in [1.165, 1.54) is 0 Å². The Labute approximate surface area is 181 Å². The van der Waals surface area contributed by atoms with E-state index < -0.39 is 29.4 Å². The molecule has 8 nitrogen and oxygen atoms in total. The molecule has 2 aliphatic heterocycles. The first-order valence-corrected chi connectivity index (χ1v) is 10.5. The van der Waals surface area contributed by atoms with Crippen molar-refractivity contribution < 1.29 is 33.3 Å². The third kappa shape index (κ3) is 5.24. The first-order valence-electron chi connectivity index (χ1n) is 10.5. The molecule has 0 N–H and O–H groups in total. The van der Waals surface area contributed by atoms with Crippen LogP contribution >= 0.6 is 0 Å². The van der Waals surface area contributed by atoms with E-state index in [-0.39, 0.29) is 6.42 Å². The second-order valence-corrected chi connectivity index (χ2v) is 7.40. The molecule has 2 aliphatic rings. The predicted molar refractivity (Wildman–Crippen MR) is 109 cm³/mol. The van der Waals surface area contributed by atoms with E-state index in [0.717, 1.165) is 6.42 Å². The number of carbonyl (C=O) groups excluding carboxylic acids is 3. The molecule has 0 aliphatic carbocycles. The van der Waals surface area contributed by atoms with Crippen molar-refractivity contribution in [2.75, 3.05) is 26.3 Å². The number of benzene rings is 1. The summed E-state index contributed by atoms with van der Waals surface area (Å²) in [6.45, 7) is 5.47. The number of likely N-dealkylation sites (tertiary alicyclic amines) is 1. The SMILES string of the molecule is CCCC#CC1(OC(=O)c2ccccc2)CCN(CCOCC)C2(C1)OC(=O)C(=O)O2. The number of carbonyl (C=O) groups is 3. The number of unbranched alkanes of at least 4 members (excludes halogenated alkanes) is 1. The highest BCUT2D eigenvalue weighted by Gasteiger charge is 2.61. The van der Waals surface area contributed by atoms with E-state index in [2.05, 4.69) is 11.8 Å². The molecule has 0 saturated carbocycles. The molecule has 1 atom stereocenters. The van der Waals surface area contributed by atoms with Crippen LogP contribution in [-0.4, -0.2) is 60.6 Å². The number of hydrogen-bond acceptors (Lipinski definition) is 8. The Morgan fingerprint density at radius 2 is 1.87 bits per heavy atom. The van der Waals surface area contributed by atoms with Gasteiger partial charge in [-0.1, -0.05) is 37.0 Å². The smallest absolute Gasteiger partial charge is 0.421 e. The molecule has 0 radical (unpaired) electrons. The largest absolute Gasteiger partial charge is 0.442 e. The van der Waals surface area contributed by atoms with Gasteiger partial charge in [-0.3, -0.25) is 0 Å². The molecule has 1 aromatic carbocycles. The van der Waals surface area contributed by atoms with Gasteiger partial charge in [0.1, 0.15) is 0 Å². The second kappa shape index (κ2) is 9.94. The maximum atomic E-state index is 12.8. The van der Waals surface area contributed by atoms with Crippen molar-refractivity contribution in [1.29, 1.82) is 0 Å². The van der Waals surface area contributed by atoms with Gasteiger partial charge in [0, 0.05) is 32.5 Å². The fourth-order valence-electron chi connectivity index (χ4n) is 3.62. The number of esters is 3. The molecule has 2 heterocycles. The lowest BCUT2D eigenvalue weighted by atomic mass is 9.88. The Kier molecular flexibility index (Phi) is 7.31. The molecule has 0 aromatic heterocycles. The van der Waals surface area contributed by atoms with E-state index in [0.29, 0.717) is 44.7 Å². The van der Waals surface area contributed by atoms with Crippen molar-refractivity contribution in [1.82, 2.24) is 4.90 Å². The van der Waals surface area contributed by atoms with E-state index in [9.17, 15) is 14.4 Å². The van der Waals surface area contributed by atoms with Crippen LogP contribution in [-0.2, 0) is 28.5 Å². The summed E-state index contributed by atoms with van der Waals surface area (Å²) in [6.07, 6.45) is 1.72. The van der Waals surface area contributed by atoms with Gasteiger partial charge in [-0.2, -0.15) is 0 Å². The van der Waals surface area contributed by atoms with Crippen LogP contribution in [0.1, 0.15) is 49.9 Å². The molecule has 1 spiro atoms. The predicted octanol–water partition coefficient (Wildman–Crippen LogP) is 2.27. The standard InChI is InChI=1S/C23H27NO7/c1-3-5-9-12-22(29-19(25)18-10-7-6-8-11-18)13-14-24(15-16-28-4-2)23(17-22)30-20(26)21(27)31-23/h6-8,10-11H,3-5,13-17H2,1-2H3. The molecule has 2 saturated heterocycles. The average molecular weight is 429 g/mol. The molecule has 166 valence electrons. The molecule has 2 fully saturated rings. The monoisotopic (exact) mass is 429 g/mol. The van der Waals surface area contributed by atoms with Crippen molar-refractivity contribution in [3.8, 4) is 11.8 Å². The molecule has 1 aromatic rings. The minimum Gasteiger partial charge on any atom is -0.442 e. The van der Waals surface area contributed by atoms with Gasteiger partial charge in [0.2, 0.25) is 0 Å². The lowest BCUT2D eigenvalue weighted by Crippen LogP contribution is -2.61. The van der Waals surface area contributed by atoms with Crippen molar-refractivity contribution in [2.24, 2.45) is 0 Å². The van der Waals surface area contributed by atoms with Gasteiger partial charge < -0.3 is 18.9 Å².